The van der Waals surface area contributed by atoms with E-state index in [1.54, 1.807) is 0 Å². The van der Waals surface area contributed by atoms with Crippen molar-refractivity contribution in [2.75, 3.05) is 6.61 Å². The van der Waals surface area contributed by atoms with Crippen LogP contribution in [0.4, 0.5) is 0 Å². The number of aliphatic hydroxyl groups is 1. The fourth-order valence-corrected chi connectivity index (χ4v) is 1.70. The van der Waals surface area contributed by atoms with Crippen molar-refractivity contribution >= 4 is 0 Å². The maximum atomic E-state index is 9.50. The van der Waals surface area contributed by atoms with Crippen LogP contribution in [0.2, 0.25) is 0 Å². The van der Waals surface area contributed by atoms with Crippen molar-refractivity contribution in [3.63, 3.8) is 0 Å². The van der Waals surface area contributed by atoms with Crippen molar-refractivity contribution in [2.24, 2.45) is 5.92 Å². The molecule has 0 rings (SSSR count). The Morgan fingerprint density at radius 3 is 2.25 bits per heavy atom. The van der Waals surface area contributed by atoms with Crippen molar-refractivity contribution in [1.29, 1.82) is 0 Å². The molecule has 0 aliphatic heterocycles. The minimum absolute atomic E-state index is 0.531. The maximum absolute atomic E-state index is 9.50. The average molecular weight is 230 g/mol. The van der Waals surface area contributed by atoms with Crippen molar-refractivity contribution in [1.82, 2.24) is 0 Å². The molecule has 0 aliphatic rings. The van der Waals surface area contributed by atoms with Gasteiger partial charge in [0.25, 0.3) is 0 Å². The monoisotopic (exact) mass is 230 g/mol. The van der Waals surface area contributed by atoms with E-state index in [1.807, 2.05) is 0 Å². The first-order chi connectivity index (χ1) is 7.66. The molecule has 16 heavy (non-hydrogen) atoms. The maximum Gasteiger partial charge on any atom is 0.154 e. The van der Waals surface area contributed by atoms with E-state index < -0.39 is 6.29 Å². The standard InChI is InChI=1S/C14H30O2/c1-4-5-7-11-14(15)16-12-9-6-8-10-13(2)3/h13-15H,4-12H2,1-3H3. The van der Waals surface area contributed by atoms with Crippen LogP contribution >= 0.6 is 0 Å². The lowest BCUT2D eigenvalue weighted by Gasteiger charge is -2.11. The van der Waals surface area contributed by atoms with Gasteiger partial charge in [-0.15, -0.1) is 0 Å². The Labute approximate surface area is 101 Å². The number of hydrogen-bond donors (Lipinski definition) is 1. The van der Waals surface area contributed by atoms with E-state index in [2.05, 4.69) is 20.8 Å². The molecule has 0 spiro atoms. The topological polar surface area (TPSA) is 29.5 Å². The molecule has 0 aromatic carbocycles. The average Bonchev–Trinajstić information content (AvgIpc) is 2.23. The molecule has 0 aliphatic carbocycles. The third kappa shape index (κ3) is 12.0. The van der Waals surface area contributed by atoms with Crippen LogP contribution in [0.3, 0.4) is 0 Å². The number of aliphatic hydroxyl groups excluding tert-OH is 1. The quantitative estimate of drug-likeness (QED) is 0.427. The minimum Gasteiger partial charge on any atom is -0.368 e. The van der Waals surface area contributed by atoms with E-state index in [0.717, 1.165) is 25.2 Å². The van der Waals surface area contributed by atoms with Gasteiger partial charge >= 0.3 is 0 Å². The molecule has 0 aromatic heterocycles. The van der Waals surface area contributed by atoms with Crippen LogP contribution in [0.5, 0.6) is 0 Å². The van der Waals surface area contributed by atoms with Crippen LogP contribution in [0, 0.1) is 5.92 Å². The Balaban J connectivity index is 3.12. The van der Waals surface area contributed by atoms with Gasteiger partial charge in [-0.25, -0.2) is 0 Å². The van der Waals surface area contributed by atoms with E-state index in [-0.39, 0.29) is 0 Å². The molecule has 98 valence electrons. The summed E-state index contributed by atoms with van der Waals surface area (Å²) in [5.41, 5.74) is 0. The predicted octanol–water partition coefficient (Wildman–Crippen LogP) is 4.12. The molecule has 1 unspecified atom stereocenters. The summed E-state index contributed by atoms with van der Waals surface area (Å²) >= 11 is 0. The largest absolute Gasteiger partial charge is 0.368 e. The summed E-state index contributed by atoms with van der Waals surface area (Å²) in [6.07, 6.45) is 8.61. The zero-order chi connectivity index (χ0) is 12.2. The Kier molecular flexibility index (Phi) is 11.3. The van der Waals surface area contributed by atoms with Crippen molar-refractivity contribution in [3.05, 3.63) is 0 Å². The normalized spacial score (nSPS) is 13.3. The van der Waals surface area contributed by atoms with Gasteiger partial charge in [-0.05, 0) is 25.2 Å². The molecule has 0 fully saturated rings. The highest BCUT2D eigenvalue weighted by Gasteiger charge is 2.02. The van der Waals surface area contributed by atoms with Crippen LogP contribution in [0.25, 0.3) is 0 Å². The summed E-state index contributed by atoms with van der Waals surface area (Å²) in [5, 5.41) is 9.50. The van der Waals surface area contributed by atoms with Gasteiger partial charge < -0.3 is 9.84 Å². The zero-order valence-corrected chi connectivity index (χ0v) is 11.4. The van der Waals surface area contributed by atoms with Crippen LogP contribution in [0.1, 0.15) is 72.1 Å². The second-order valence-electron chi connectivity index (χ2n) is 5.06. The lowest BCUT2D eigenvalue weighted by atomic mass is 10.1. The lowest BCUT2D eigenvalue weighted by molar-refractivity contribution is -0.105. The van der Waals surface area contributed by atoms with Gasteiger partial charge in [0.05, 0.1) is 0 Å². The lowest BCUT2D eigenvalue weighted by Crippen LogP contribution is -2.12. The SMILES string of the molecule is CCCCCC(O)OCCCCCC(C)C. The molecule has 0 bridgehead atoms. The van der Waals surface area contributed by atoms with Gasteiger partial charge in [-0.1, -0.05) is 52.9 Å². The van der Waals surface area contributed by atoms with Crippen molar-refractivity contribution in [3.8, 4) is 0 Å². The first kappa shape index (κ1) is 15.9. The fourth-order valence-electron chi connectivity index (χ4n) is 1.70. The summed E-state index contributed by atoms with van der Waals surface area (Å²) < 4.78 is 5.35. The third-order valence-corrected chi connectivity index (χ3v) is 2.79. The van der Waals surface area contributed by atoms with Crippen molar-refractivity contribution < 1.29 is 9.84 Å². The Bertz CT molecular complexity index is 135. The zero-order valence-electron chi connectivity index (χ0n) is 11.4. The molecule has 0 aromatic rings. The summed E-state index contributed by atoms with van der Waals surface area (Å²) in [6.45, 7) is 7.40. The van der Waals surface area contributed by atoms with Gasteiger partial charge in [0, 0.05) is 6.61 Å². The Hall–Kier alpha value is -0.0800. The van der Waals surface area contributed by atoms with Gasteiger partial charge in [0.15, 0.2) is 6.29 Å². The molecule has 1 atom stereocenters. The van der Waals surface area contributed by atoms with Crippen LogP contribution in [0.15, 0.2) is 0 Å². The molecular weight excluding hydrogens is 200 g/mol. The Morgan fingerprint density at radius 2 is 1.62 bits per heavy atom. The number of hydrogen-bond acceptors (Lipinski definition) is 2. The van der Waals surface area contributed by atoms with Crippen LogP contribution in [-0.2, 0) is 4.74 Å². The molecule has 0 saturated heterocycles. The molecular formula is C14H30O2. The highest BCUT2D eigenvalue weighted by molar-refractivity contribution is 4.48. The van der Waals surface area contributed by atoms with Gasteiger partial charge in [-0.2, -0.15) is 0 Å². The number of ether oxygens (including phenoxy) is 1. The number of unbranched alkanes of at least 4 members (excludes halogenated alkanes) is 4. The first-order valence-electron chi connectivity index (χ1n) is 6.96. The Morgan fingerprint density at radius 1 is 0.938 bits per heavy atom. The minimum atomic E-state index is -0.531. The smallest absolute Gasteiger partial charge is 0.154 e. The van der Waals surface area contributed by atoms with Crippen LogP contribution in [-0.4, -0.2) is 18.0 Å². The molecule has 0 saturated carbocycles. The second kappa shape index (κ2) is 11.4. The van der Waals surface area contributed by atoms with E-state index in [9.17, 15) is 5.11 Å². The van der Waals surface area contributed by atoms with E-state index in [0.29, 0.717) is 6.61 Å². The summed E-state index contributed by atoms with van der Waals surface area (Å²) in [5.74, 6) is 0.806. The molecule has 0 radical (unpaired) electrons. The highest BCUT2D eigenvalue weighted by atomic mass is 16.6. The van der Waals surface area contributed by atoms with Gasteiger partial charge in [0.2, 0.25) is 0 Å². The molecule has 0 heterocycles. The van der Waals surface area contributed by atoms with Crippen LogP contribution < -0.4 is 0 Å². The van der Waals surface area contributed by atoms with E-state index in [1.165, 1.54) is 32.1 Å². The summed E-state index contributed by atoms with van der Waals surface area (Å²) in [6, 6.07) is 0. The van der Waals surface area contributed by atoms with Gasteiger partial charge in [0.1, 0.15) is 0 Å². The second-order valence-corrected chi connectivity index (χ2v) is 5.06. The van der Waals surface area contributed by atoms with E-state index >= 15 is 0 Å². The van der Waals surface area contributed by atoms with E-state index in [4.69, 9.17) is 4.74 Å². The highest BCUT2D eigenvalue weighted by Crippen LogP contribution is 2.09. The summed E-state index contributed by atoms with van der Waals surface area (Å²) in [4.78, 5) is 0. The fraction of sp³-hybridized carbons (Fsp3) is 1.00. The molecule has 1 N–H and O–H groups in total. The van der Waals surface area contributed by atoms with Gasteiger partial charge in [-0.3, -0.25) is 0 Å². The molecule has 2 heteroatoms. The van der Waals surface area contributed by atoms with Crippen molar-refractivity contribution in [2.45, 2.75) is 78.4 Å². The molecule has 2 nitrogen and oxygen atoms in total. The predicted molar refractivity (Wildman–Crippen MR) is 69.4 cm³/mol. The number of rotatable bonds is 11. The first-order valence-corrected chi connectivity index (χ1v) is 6.96. The molecule has 0 amide bonds. The summed E-state index contributed by atoms with van der Waals surface area (Å²) in [7, 11) is 0. The third-order valence-electron chi connectivity index (χ3n) is 2.79.